The first-order valence-corrected chi connectivity index (χ1v) is 10.4. The average Bonchev–Trinajstić information content (AvgIpc) is 3.33. The van der Waals surface area contributed by atoms with Gasteiger partial charge in [-0.1, -0.05) is 24.3 Å². The molecule has 1 N–H and O–H groups in total. The second kappa shape index (κ2) is 9.55. The Bertz CT molecular complexity index is 1100. The van der Waals surface area contributed by atoms with Crippen LogP contribution in [0.3, 0.4) is 0 Å². The van der Waals surface area contributed by atoms with Crippen LogP contribution in [-0.4, -0.2) is 46.9 Å². The van der Waals surface area contributed by atoms with Gasteiger partial charge in [-0.3, -0.25) is 19.6 Å². The van der Waals surface area contributed by atoms with Gasteiger partial charge < -0.3 is 15.0 Å². The smallest absolute Gasteiger partial charge is 0.269 e. The quantitative estimate of drug-likeness (QED) is 0.643. The lowest BCUT2D eigenvalue weighted by Gasteiger charge is -2.24. The third-order valence-electron chi connectivity index (χ3n) is 5.45. The van der Waals surface area contributed by atoms with Gasteiger partial charge in [0.2, 0.25) is 0 Å². The summed E-state index contributed by atoms with van der Waals surface area (Å²) in [6.07, 6.45) is 5.04. The van der Waals surface area contributed by atoms with Gasteiger partial charge in [-0.15, -0.1) is 0 Å². The first-order chi connectivity index (χ1) is 15.6. The number of aromatic nitrogens is 2. The van der Waals surface area contributed by atoms with Crippen molar-refractivity contribution in [1.82, 2.24) is 20.2 Å². The van der Waals surface area contributed by atoms with Gasteiger partial charge in [0, 0.05) is 37.1 Å². The molecule has 0 spiro atoms. The molecule has 1 saturated heterocycles. The molecule has 7 nitrogen and oxygen atoms in total. The summed E-state index contributed by atoms with van der Waals surface area (Å²) in [4.78, 5) is 34.9. The standard InChI is InChI=1S/C24H23FN4O3/c1-26-24(31)20-11-9-17(14-28-20)16-8-10-19(27-13-16)21-6-4-12-29(21)23(30)15-32-22-7-3-2-5-18(22)25/h2-3,5,7-11,13-14,21H,4,6,12,15H2,1H3,(H,26,31)/t21-/m1/s1. The van der Waals surface area contributed by atoms with Crippen molar-refractivity contribution in [3.63, 3.8) is 0 Å². The zero-order chi connectivity index (χ0) is 22.5. The maximum atomic E-state index is 13.7. The summed E-state index contributed by atoms with van der Waals surface area (Å²) in [7, 11) is 1.56. The van der Waals surface area contributed by atoms with Gasteiger partial charge in [0.05, 0.1) is 11.7 Å². The summed E-state index contributed by atoms with van der Waals surface area (Å²) < 4.78 is 19.1. The number of carbonyl (C=O) groups is 2. The van der Waals surface area contributed by atoms with E-state index >= 15 is 0 Å². The Hall–Kier alpha value is -3.81. The largest absolute Gasteiger partial charge is 0.481 e. The fourth-order valence-electron chi connectivity index (χ4n) is 3.76. The molecule has 4 rings (SSSR count). The van der Waals surface area contributed by atoms with E-state index < -0.39 is 5.82 Å². The lowest BCUT2D eigenvalue weighted by atomic mass is 10.1. The molecule has 1 aliphatic rings. The van der Waals surface area contributed by atoms with Crippen LogP contribution in [-0.2, 0) is 4.79 Å². The van der Waals surface area contributed by atoms with E-state index in [0.29, 0.717) is 12.2 Å². The van der Waals surface area contributed by atoms with Gasteiger partial charge in [-0.05, 0) is 37.1 Å². The van der Waals surface area contributed by atoms with Crippen molar-refractivity contribution in [3.8, 4) is 16.9 Å². The Labute approximate surface area is 185 Å². The van der Waals surface area contributed by atoms with Crippen molar-refractivity contribution >= 4 is 11.8 Å². The third-order valence-corrected chi connectivity index (χ3v) is 5.45. The second-order valence-electron chi connectivity index (χ2n) is 7.45. The van der Waals surface area contributed by atoms with E-state index in [1.807, 2.05) is 18.2 Å². The van der Waals surface area contributed by atoms with Crippen LogP contribution in [0.4, 0.5) is 4.39 Å². The fourth-order valence-corrected chi connectivity index (χ4v) is 3.76. The first-order valence-electron chi connectivity index (χ1n) is 10.4. The molecular weight excluding hydrogens is 411 g/mol. The van der Waals surface area contributed by atoms with E-state index in [-0.39, 0.29) is 30.2 Å². The van der Waals surface area contributed by atoms with Crippen molar-refractivity contribution < 1.29 is 18.7 Å². The van der Waals surface area contributed by atoms with E-state index in [1.54, 1.807) is 42.5 Å². The maximum absolute atomic E-state index is 13.7. The van der Waals surface area contributed by atoms with E-state index in [0.717, 1.165) is 29.7 Å². The van der Waals surface area contributed by atoms with Crippen LogP contribution < -0.4 is 10.1 Å². The minimum absolute atomic E-state index is 0.0649. The summed E-state index contributed by atoms with van der Waals surface area (Å²) in [5.74, 6) is -0.867. The van der Waals surface area contributed by atoms with Crippen LogP contribution in [0.15, 0.2) is 60.9 Å². The zero-order valence-corrected chi connectivity index (χ0v) is 17.6. The molecule has 32 heavy (non-hydrogen) atoms. The molecule has 0 bridgehead atoms. The highest BCUT2D eigenvalue weighted by Gasteiger charge is 2.31. The molecule has 3 aromatic rings. The molecule has 2 amide bonds. The number of pyridine rings is 2. The zero-order valence-electron chi connectivity index (χ0n) is 17.6. The summed E-state index contributed by atoms with van der Waals surface area (Å²) in [6, 6.07) is 13.2. The van der Waals surface area contributed by atoms with Crippen LogP contribution in [0, 0.1) is 5.82 Å². The minimum Gasteiger partial charge on any atom is -0.481 e. The Morgan fingerprint density at radius 3 is 2.50 bits per heavy atom. The number of hydrogen-bond acceptors (Lipinski definition) is 5. The number of halogens is 1. The van der Waals surface area contributed by atoms with Crippen LogP contribution >= 0.6 is 0 Å². The lowest BCUT2D eigenvalue weighted by molar-refractivity contribution is -0.134. The molecule has 3 heterocycles. The summed E-state index contributed by atoms with van der Waals surface area (Å²) >= 11 is 0. The maximum Gasteiger partial charge on any atom is 0.269 e. The van der Waals surface area contributed by atoms with Gasteiger partial charge in [0.15, 0.2) is 18.2 Å². The normalized spacial score (nSPS) is 15.4. The molecule has 0 saturated carbocycles. The van der Waals surface area contributed by atoms with E-state index in [1.165, 1.54) is 12.1 Å². The second-order valence-corrected chi connectivity index (χ2v) is 7.45. The average molecular weight is 434 g/mol. The molecule has 164 valence electrons. The minimum atomic E-state index is -0.492. The van der Waals surface area contributed by atoms with Crippen molar-refractivity contribution in [3.05, 3.63) is 78.1 Å². The van der Waals surface area contributed by atoms with Gasteiger partial charge in [0.1, 0.15) is 5.69 Å². The number of likely N-dealkylation sites (tertiary alicyclic amines) is 1. The molecule has 1 atom stereocenters. The predicted molar refractivity (Wildman–Crippen MR) is 116 cm³/mol. The van der Waals surface area contributed by atoms with Crippen molar-refractivity contribution in [1.29, 1.82) is 0 Å². The number of hydrogen-bond donors (Lipinski definition) is 1. The third kappa shape index (κ3) is 4.59. The predicted octanol–water partition coefficient (Wildman–Crippen LogP) is 3.38. The van der Waals surface area contributed by atoms with Crippen molar-refractivity contribution in [2.24, 2.45) is 0 Å². The fraction of sp³-hybridized carbons (Fsp3) is 0.250. The highest BCUT2D eigenvalue weighted by atomic mass is 19.1. The number of carbonyl (C=O) groups excluding carboxylic acids is 2. The monoisotopic (exact) mass is 434 g/mol. The molecule has 2 aromatic heterocycles. The van der Waals surface area contributed by atoms with Crippen molar-refractivity contribution in [2.75, 3.05) is 20.2 Å². The Morgan fingerprint density at radius 2 is 1.84 bits per heavy atom. The molecule has 0 radical (unpaired) electrons. The van der Waals surface area contributed by atoms with Gasteiger partial charge >= 0.3 is 0 Å². The molecule has 1 aliphatic heterocycles. The number of benzene rings is 1. The van der Waals surface area contributed by atoms with Crippen LogP contribution in [0.2, 0.25) is 0 Å². The summed E-state index contributed by atoms with van der Waals surface area (Å²) in [5, 5.41) is 2.54. The highest BCUT2D eigenvalue weighted by Crippen LogP contribution is 2.32. The number of ether oxygens (including phenoxy) is 1. The van der Waals surface area contributed by atoms with Crippen LogP contribution in [0.5, 0.6) is 5.75 Å². The van der Waals surface area contributed by atoms with Crippen LogP contribution in [0.25, 0.3) is 11.1 Å². The Balaban J connectivity index is 1.43. The molecule has 0 aliphatic carbocycles. The number of amides is 2. The van der Waals surface area contributed by atoms with E-state index in [2.05, 4.69) is 15.3 Å². The number of para-hydroxylation sites is 1. The molecule has 0 unspecified atom stereocenters. The van der Waals surface area contributed by atoms with E-state index in [9.17, 15) is 14.0 Å². The number of nitrogens with zero attached hydrogens (tertiary/aromatic N) is 3. The number of nitrogens with one attached hydrogen (secondary N) is 1. The topological polar surface area (TPSA) is 84.4 Å². The molecule has 1 fully saturated rings. The van der Waals surface area contributed by atoms with Crippen LogP contribution in [0.1, 0.15) is 35.1 Å². The Morgan fingerprint density at radius 1 is 1.09 bits per heavy atom. The molecular formula is C24H23FN4O3. The molecule has 1 aromatic carbocycles. The van der Waals surface area contributed by atoms with Gasteiger partial charge in [-0.2, -0.15) is 0 Å². The summed E-state index contributed by atoms with van der Waals surface area (Å²) in [6.45, 7) is 0.386. The lowest BCUT2D eigenvalue weighted by Crippen LogP contribution is -2.34. The molecule has 8 heteroatoms. The highest BCUT2D eigenvalue weighted by molar-refractivity contribution is 5.92. The first kappa shape index (κ1) is 21.4. The van der Waals surface area contributed by atoms with E-state index in [4.69, 9.17) is 4.74 Å². The van der Waals surface area contributed by atoms with Crippen molar-refractivity contribution in [2.45, 2.75) is 18.9 Å². The van der Waals surface area contributed by atoms with Gasteiger partial charge in [-0.25, -0.2) is 4.39 Å². The SMILES string of the molecule is CNC(=O)c1ccc(-c2ccc([C@H]3CCCN3C(=O)COc3ccccc3F)nc2)cn1. The van der Waals surface area contributed by atoms with Gasteiger partial charge in [0.25, 0.3) is 11.8 Å². The number of rotatable bonds is 6. The summed E-state index contributed by atoms with van der Waals surface area (Å²) in [5.41, 5.74) is 2.84. The Kier molecular flexibility index (Phi) is 6.39.